The summed E-state index contributed by atoms with van der Waals surface area (Å²) in [6, 6.07) is 4.81. The Morgan fingerprint density at radius 2 is 1.93 bits per heavy atom. The van der Waals surface area contributed by atoms with Gasteiger partial charge in [-0.1, -0.05) is 13.8 Å². The predicted molar refractivity (Wildman–Crippen MR) is 104 cm³/mol. The molecule has 1 aromatic carbocycles. The number of esters is 1. The lowest BCUT2D eigenvalue weighted by molar-refractivity contribution is -0.153. The minimum absolute atomic E-state index is 0.0272. The van der Waals surface area contributed by atoms with Crippen molar-refractivity contribution < 1.29 is 22.7 Å². The second-order valence-electron chi connectivity index (χ2n) is 6.36. The summed E-state index contributed by atoms with van der Waals surface area (Å²) in [6.45, 7) is 5.76. The van der Waals surface area contributed by atoms with E-state index in [0.29, 0.717) is 24.4 Å². The molecule has 1 amide bonds. The summed E-state index contributed by atoms with van der Waals surface area (Å²) in [4.78, 5) is 27.4. The molecule has 1 heterocycles. The smallest absolute Gasteiger partial charge is 0.307 e. The molecule has 0 saturated carbocycles. The summed E-state index contributed by atoms with van der Waals surface area (Å²) in [5.74, 6) is -0.655. The fourth-order valence-corrected chi connectivity index (χ4v) is 4.33. The molecular formula is C18H26N4O5S. The van der Waals surface area contributed by atoms with Crippen molar-refractivity contribution in [2.75, 3.05) is 13.1 Å². The SMILES string of the molecule is CCN(CC)S(=O)(=O)c1ccc2c(c1)nc(CCC(=O)O[C@@H](C)C(N)=O)n2C. The molecule has 2 aromatic rings. The zero-order chi connectivity index (χ0) is 21.1. The van der Waals surface area contributed by atoms with Crippen molar-refractivity contribution in [3.8, 4) is 0 Å². The number of aromatic nitrogens is 2. The quantitative estimate of drug-likeness (QED) is 0.614. The van der Waals surface area contributed by atoms with Crippen molar-refractivity contribution in [3.05, 3.63) is 24.0 Å². The number of primary amides is 1. The molecule has 9 nitrogen and oxygen atoms in total. The first-order valence-corrected chi connectivity index (χ1v) is 10.5. The van der Waals surface area contributed by atoms with Gasteiger partial charge >= 0.3 is 5.97 Å². The highest BCUT2D eigenvalue weighted by atomic mass is 32.2. The molecule has 0 saturated heterocycles. The van der Waals surface area contributed by atoms with Gasteiger partial charge in [-0.2, -0.15) is 4.31 Å². The van der Waals surface area contributed by atoms with E-state index < -0.39 is 28.0 Å². The summed E-state index contributed by atoms with van der Waals surface area (Å²) in [6.07, 6.45) is -0.673. The van der Waals surface area contributed by atoms with Gasteiger partial charge in [-0.15, -0.1) is 0 Å². The minimum Gasteiger partial charge on any atom is -0.453 e. The normalized spacial score (nSPS) is 13.0. The Bertz CT molecular complexity index is 979. The molecule has 28 heavy (non-hydrogen) atoms. The Morgan fingerprint density at radius 3 is 2.50 bits per heavy atom. The van der Waals surface area contributed by atoms with Crippen molar-refractivity contribution in [1.82, 2.24) is 13.9 Å². The van der Waals surface area contributed by atoms with Crippen LogP contribution in [0.5, 0.6) is 0 Å². The first-order valence-electron chi connectivity index (χ1n) is 9.06. The fourth-order valence-electron chi connectivity index (χ4n) is 2.85. The number of hydrogen-bond donors (Lipinski definition) is 1. The molecule has 0 bridgehead atoms. The zero-order valence-corrected chi connectivity index (χ0v) is 17.3. The van der Waals surface area contributed by atoms with E-state index in [0.717, 1.165) is 5.52 Å². The van der Waals surface area contributed by atoms with Gasteiger partial charge < -0.3 is 15.0 Å². The van der Waals surface area contributed by atoms with Gasteiger partial charge in [0.05, 0.1) is 22.3 Å². The number of ether oxygens (including phenoxy) is 1. The van der Waals surface area contributed by atoms with Crippen molar-refractivity contribution in [2.45, 2.75) is 44.6 Å². The molecule has 1 aromatic heterocycles. The minimum atomic E-state index is -3.58. The highest BCUT2D eigenvalue weighted by Crippen LogP contribution is 2.22. The molecule has 2 rings (SSSR count). The number of sulfonamides is 1. The van der Waals surface area contributed by atoms with E-state index >= 15 is 0 Å². The van der Waals surface area contributed by atoms with Crippen LogP contribution in [0.1, 0.15) is 33.0 Å². The third-order valence-corrected chi connectivity index (χ3v) is 6.60. The van der Waals surface area contributed by atoms with Gasteiger partial charge in [0.1, 0.15) is 5.82 Å². The number of carbonyl (C=O) groups is 2. The van der Waals surface area contributed by atoms with Gasteiger partial charge in [0.2, 0.25) is 10.0 Å². The van der Waals surface area contributed by atoms with Crippen molar-refractivity contribution in [3.63, 3.8) is 0 Å². The molecular weight excluding hydrogens is 384 g/mol. The summed E-state index contributed by atoms with van der Waals surface area (Å²) < 4.78 is 33.5. The van der Waals surface area contributed by atoms with Crippen molar-refractivity contribution >= 4 is 32.9 Å². The number of carbonyl (C=O) groups excluding carboxylic acids is 2. The van der Waals surface area contributed by atoms with Gasteiger partial charge in [-0.25, -0.2) is 13.4 Å². The van der Waals surface area contributed by atoms with Gasteiger partial charge in [0.25, 0.3) is 5.91 Å². The maximum atomic E-state index is 12.7. The van der Waals surface area contributed by atoms with E-state index in [1.807, 2.05) is 0 Å². The number of amides is 1. The monoisotopic (exact) mass is 410 g/mol. The van der Waals surface area contributed by atoms with Crippen LogP contribution >= 0.6 is 0 Å². The molecule has 10 heteroatoms. The number of aryl methyl sites for hydroxylation is 2. The lowest BCUT2D eigenvalue weighted by Crippen LogP contribution is -2.30. The second kappa shape index (κ2) is 8.70. The van der Waals surface area contributed by atoms with Crippen LogP contribution in [0.25, 0.3) is 11.0 Å². The summed E-state index contributed by atoms with van der Waals surface area (Å²) in [5.41, 5.74) is 6.36. The first kappa shape index (κ1) is 21.8. The Balaban J connectivity index is 2.23. The average molecular weight is 410 g/mol. The summed E-state index contributed by atoms with van der Waals surface area (Å²) >= 11 is 0. The fraction of sp³-hybridized carbons (Fsp3) is 0.500. The molecule has 0 spiro atoms. The van der Waals surface area contributed by atoms with Crippen molar-refractivity contribution in [1.29, 1.82) is 0 Å². The number of imidazole rings is 1. The Hall–Kier alpha value is -2.46. The highest BCUT2D eigenvalue weighted by Gasteiger charge is 2.23. The summed E-state index contributed by atoms with van der Waals surface area (Å²) in [5, 5.41) is 0. The van der Waals surface area contributed by atoms with Crippen LogP contribution in [-0.2, 0) is 37.8 Å². The third kappa shape index (κ3) is 4.50. The molecule has 0 aliphatic rings. The van der Waals surface area contributed by atoms with E-state index in [9.17, 15) is 18.0 Å². The van der Waals surface area contributed by atoms with Crippen LogP contribution in [-0.4, -0.2) is 53.3 Å². The van der Waals surface area contributed by atoms with Crippen LogP contribution < -0.4 is 5.73 Å². The molecule has 0 radical (unpaired) electrons. The van der Waals surface area contributed by atoms with Crippen LogP contribution in [0.15, 0.2) is 23.1 Å². The largest absolute Gasteiger partial charge is 0.453 e. The molecule has 154 valence electrons. The number of nitrogens with two attached hydrogens (primary N) is 1. The first-order chi connectivity index (χ1) is 13.1. The number of fused-ring (bicyclic) bond motifs is 1. The average Bonchev–Trinajstić information content (AvgIpc) is 2.96. The zero-order valence-electron chi connectivity index (χ0n) is 16.5. The molecule has 0 fully saturated rings. The van der Waals surface area contributed by atoms with Gasteiger partial charge in [0.15, 0.2) is 6.10 Å². The van der Waals surface area contributed by atoms with E-state index in [4.69, 9.17) is 10.5 Å². The molecule has 0 aliphatic carbocycles. The molecule has 0 unspecified atom stereocenters. The lowest BCUT2D eigenvalue weighted by Gasteiger charge is -2.18. The number of hydrogen-bond acceptors (Lipinski definition) is 6. The standard InChI is InChI=1S/C18H26N4O5S/c1-5-22(6-2)28(25,26)13-7-8-15-14(11-13)20-16(21(15)4)9-10-17(23)27-12(3)18(19)24/h7-8,11-12H,5-6,9-10H2,1-4H3,(H2,19,24)/t12-/m0/s1. The highest BCUT2D eigenvalue weighted by molar-refractivity contribution is 7.89. The van der Waals surface area contributed by atoms with Gasteiger partial charge in [0, 0.05) is 26.6 Å². The third-order valence-electron chi connectivity index (χ3n) is 4.55. The van der Waals surface area contributed by atoms with E-state index in [1.165, 1.54) is 11.2 Å². The maximum absolute atomic E-state index is 12.7. The Kier molecular flexibility index (Phi) is 6.78. The van der Waals surface area contributed by atoms with Gasteiger partial charge in [-0.05, 0) is 25.1 Å². The lowest BCUT2D eigenvalue weighted by atomic mass is 10.3. The van der Waals surface area contributed by atoms with Crippen LogP contribution in [0.4, 0.5) is 0 Å². The van der Waals surface area contributed by atoms with E-state index in [1.54, 1.807) is 43.7 Å². The van der Waals surface area contributed by atoms with E-state index in [-0.39, 0.29) is 17.7 Å². The number of benzene rings is 1. The second-order valence-corrected chi connectivity index (χ2v) is 8.30. The maximum Gasteiger partial charge on any atom is 0.307 e. The topological polar surface area (TPSA) is 125 Å². The Morgan fingerprint density at radius 1 is 1.29 bits per heavy atom. The van der Waals surface area contributed by atoms with Crippen LogP contribution in [0, 0.1) is 0 Å². The molecule has 2 N–H and O–H groups in total. The van der Waals surface area contributed by atoms with E-state index in [2.05, 4.69) is 4.98 Å². The van der Waals surface area contributed by atoms with Gasteiger partial charge in [-0.3, -0.25) is 9.59 Å². The van der Waals surface area contributed by atoms with Crippen molar-refractivity contribution in [2.24, 2.45) is 12.8 Å². The number of nitrogens with zero attached hydrogens (tertiary/aromatic N) is 3. The van der Waals surface area contributed by atoms with Crippen LogP contribution in [0.2, 0.25) is 0 Å². The van der Waals surface area contributed by atoms with Crippen LogP contribution in [0.3, 0.4) is 0 Å². The molecule has 0 aliphatic heterocycles. The predicted octanol–water partition coefficient (Wildman–Crippen LogP) is 0.953. The summed E-state index contributed by atoms with van der Waals surface area (Å²) in [7, 11) is -1.79. The number of rotatable bonds is 9. The molecule has 1 atom stereocenters. The Labute approximate surface area is 164 Å².